The van der Waals surface area contributed by atoms with Crippen LogP contribution in [0.15, 0.2) is 16.7 Å². The van der Waals surface area contributed by atoms with E-state index >= 15 is 0 Å². The van der Waals surface area contributed by atoms with Gasteiger partial charge in [-0.05, 0) is 13.0 Å². The molecule has 0 bridgehead atoms. The molecule has 0 aliphatic carbocycles. The summed E-state index contributed by atoms with van der Waals surface area (Å²) in [4.78, 5) is 0. The summed E-state index contributed by atoms with van der Waals surface area (Å²) in [7, 11) is 3.15. The molecule has 6 heteroatoms. The van der Waals surface area contributed by atoms with E-state index in [9.17, 15) is 5.11 Å². The fourth-order valence-corrected chi connectivity index (χ4v) is 5.56. The average molecular weight is 312 g/mol. The summed E-state index contributed by atoms with van der Waals surface area (Å²) in [6.07, 6.45) is 1.58. The van der Waals surface area contributed by atoms with E-state index in [0.717, 1.165) is 22.5 Å². The highest BCUT2D eigenvalue weighted by Gasteiger charge is 2.40. The topological polar surface area (TPSA) is 51.8 Å². The van der Waals surface area contributed by atoms with Crippen LogP contribution in [0, 0.1) is 0 Å². The Bertz CT molecular complexity index is 644. The number of furan rings is 1. The summed E-state index contributed by atoms with van der Waals surface area (Å²) < 4.78 is 16.1. The summed E-state index contributed by atoms with van der Waals surface area (Å²) in [5, 5.41) is 11.5. The van der Waals surface area contributed by atoms with Gasteiger partial charge in [-0.25, -0.2) is 0 Å². The maximum absolute atomic E-state index is 10.7. The zero-order valence-corrected chi connectivity index (χ0v) is 13.2. The molecule has 1 aromatic heterocycles. The third-order valence-electron chi connectivity index (χ3n) is 3.50. The van der Waals surface area contributed by atoms with E-state index in [1.54, 1.807) is 13.4 Å². The standard InChI is InChI=1S/C14H16O4S2/c1-14(19-6-7-20-14)9-10(15)13(17-3)12-8(4-5-18-12)11(9)16-2/h4-5,15H,6-7H2,1-3H3. The van der Waals surface area contributed by atoms with Crippen LogP contribution in [0.3, 0.4) is 0 Å². The van der Waals surface area contributed by atoms with Gasteiger partial charge in [0.05, 0.1) is 35.5 Å². The smallest absolute Gasteiger partial charge is 0.204 e. The van der Waals surface area contributed by atoms with E-state index in [1.807, 2.05) is 29.6 Å². The number of ether oxygens (including phenoxy) is 2. The molecule has 1 aliphatic rings. The molecule has 0 spiro atoms. The van der Waals surface area contributed by atoms with Gasteiger partial charge >= 0.3 is 0 Å². The lowest BCUT2D eigenvalue weighted by Crippen LogP contribution is -2.11. The number of thioether (sulfide) groups is 2. The molecular weight excluding hydrogens is 296 g/mol. The third-order valence-corrected chi connectivity index (χ3v) is 6.79. The SMILES string of the molecule is COc1c(C2(C)SCCS2)c(O)c(OC)c2occc12. The zero-order valence-electron chi connectivity index (χ0n) is 11.6. The largest absolute Gasteiger partial charge is 0.504 e. The Hall–Kier alpha value is -1.14. The lowest BCUT2D eigenvalue weighted by molar-refractivity contribution is 0.360. The Kier molecular flexibility index (Phi) is 3.46. The van der Waals surface area contributed by atoms with Gasteiger partial charge in [-0.15, -0.1) is 23.5 Å². The molecule has 4 nitrogen and oxygen atoms in total. The summed E-state index contributed by atoms with van der Waals surface area (Å²) in [6, 6.07) is 1.84. The first-order valence-electron chi connectivity index (χ1n) is 6.25. The first kappa shape index (κ1) is 13.8. The average Bonchev–Trinajstić information content (AvgIpc) is 3.06. The van der Waals surface area contributed by atoms with Crippen LogP contribution in [0.4, 0.5) is 0 Å². The summed E-state index contributed by atoms with van der Waals surface area (Å²) in [5.41, 5.74) is 1.29. The molecule has 0 unspecified atom stereocenters. The number of benzene rings is 1. The monoisotopic (exact) mass is 312 g/mol. The van der Waals surface area contributed by atoms with Crippen molar-refractivity contribution >= 4 is 34.5 Å². The number of phenols is 1. The molecule has 1 aliphatic heterocycles. The van der Waals surface area contributed by atoms with Crippen molar-refractivity contribution in [3.8, 4) is 17.2 Å². The molecule has 0 atom stereocenters. The maximum Gasteiger partial charge on any atom is 0.204 e. The second kappa shape index (κ2) is 5.00. The van der Waals surface area contributed by atoms with E-state index in [0.29, 0.717) is 17.1 Å². The van der Waals surface area contributed by atoms with Crippen LogP contribution in [-0.4, -0.2) is 30.8 Å². The minimum absolute atomic E-state index is 0.108. The Morgan fingerprint density at radius 3 is 2.45 bits per heavy atom. The number of methoxy groups -OCH3 is 2. The predicted octanol–water partition coefficient (Wildman–Crippen LogP) is 3.81. The molecule has 1 N–H and O–H groups in total. The van der Waals surface area contributed by atoms with Gasteiger partial charge < -0.3 is 19.0 Å². The summed E-state index contributed by atoms with van der Waals surface area (Å²) in [6.45, 7) is 2.11. The molecule has 20 heavy (non-hydrogen) atoms. The van der Waals surface area contributed by atoms with Crippen LogP contribution in [-0.2, 0) is 4.08 Å². The van der Waals surface area contributed by atoms with E-state index in [2.05, 4.69) is 6.92 Å². The number of rotatable bonds is 3. The van der Waals surface area contributed by atoms with Crippen molar-refractivity contribution in [1.82, 2.24) is 0 Å². The van der Waals surface area contributed by atoms with Gasteiger partial charge in [0, 0.05) is 11.5 Å². The molecule has 108 valence electrons. The van der Waals surface area contributed by atoms with Crippen LogP contribution in [0.1, 0.15) is 12.5 Å². The quantitative estimate of drug-likeness (QED) is 0.930. The maximum atomic E-state index is 10.7. The zero-order chi connectivity index (χ0) is 14.3. The number of hydrogen-bond donors (Lipinski definition) is 1. The fraction of sp³-hybridized carbons (Fsp3) is 0.429. The van der Waals surface area contributed by atoms with Gasteiger partial charge in [0.15, 0.2) is 11.3 Å². The molecule has 3 rings (SSSR count). The Morgan fingerprint density at radius 1 is 1.20 bits per heavy atom. The van der Waals surface area contributed by atoms with Crippen LogP contribution in [0.25, 0.3) is 11.0 Å². The minimum Gasteiger partial charge on any atom is -0.504 e. The molecule has 1 fully saturated rings. The Morgan fingerprint density at radius 2 is 1.85 bits per heavy atom. The number of aromatic hydroxyl groups is 1. The molecule has 0 radical (unpaired) electrons. The first-order valence-corrected chi connectivity index (χ1v) is 8.22. The van der Waals surface area contributed by atoms with Gasteiger partial charge in [-0.3, -0.25) is 0 Å². The van der Waals surface area contributed by atoms with Crippen molar-refractivity contribution in [1.29, 1.82) is 0 Å². The minimum atomic E-state index is -0.242. The van der Waals surface area contributed by atoms with Crippen LogP contribution < -0.4 is 9.47 Å². The van der Waals surface area contributed by atoms with Gasteiger partial charge in [-0.1, -0.05) is 0 Å². The number of hydrogen-bond acceptors (Lipinski definition) is 6. The fourth-order valence-electron chi connectivity index (χ4n) is 2.61. The molecule has 1 saturated heterocycles. The lowest BCUT2D eigenvalue weighted by Gasteiger charge is -2.26. The van der Waals surface area contributed by atoms with E-state index in [4.69, 9.17) is 13.9 Å². The van der Waals surface area contributed by atoms with Crippen molar-refractivity contribution in [3.05, 3.63) is 17.9 Å². The molecule has 0 amide bonds. The van der Waals surface area contributed by atoms with Gasteiger partial charge in [0.25, 0.3) is 0 Å². The van der Waals surface area contributed by atoms with Crippen molar-refractivity contribution in [3.63, 3.8) is 0 Å². The van der Waals surface area contributed by atoms with E-state index < -0.39 is 0 Å². The van der Waals surface area contributed by atoms with Crippen LogP contribution in [0.5, 0.6) is 17.2 Å². The van der Waals surface area contributed by atoms with Gasteiger partial charge in [-0.2, -0.15) is 0 Å². The highest BCUT2D eigenvalue weighted by molar-refractivity contribution is 8.20. The van der Waals surface area contributed by atoms with Crippen molar-refractivity contribution in [2.75, 3.05) is 25.7 Å². The van der Waals surface area contributed by atoms with Crippen molar-refractivity contribution in [2.24, 2.45) is 0 Å². The molecular formula is C14H16O4S2. The second-order valence-electron chi connectivity index (χ2n) is 4.60. The van der Waals surface area contributed by atoms with Gasteiger partial charge in [0.1, 0.15) is 5.75 Å². The molecule has 0 saturated carbocycles. The van der Waals surface area contributed by atoms with Crippen molar-refractivity contribution < 1.29 is 19.0 Å². The highest BCUT2D eigenvalue weighted by atomic mass is 32.2. The van der Waals surface area contributed by atoms with Crippen LogP contribution in [0.2, 0.25) is 0 Å². The van der Waals surface area contributed by atoms with E-state index in [-0.39, 0.29) is 9.83 Å². The predicted molar refractivity (Wildman–Crippen MR) is 83.3 cm³/mol. The number of phenolic OH excluding ortho intramolecular Hbond substituents is 1. The second-order valence-corrected chi connectivity index (χ2v) is 7.88. The number of fused-ring (bicyclic) bond motifs is 1. The van der Waals surface area contributed by atoms with Crippen molar-refractivity contribution in [2.45, 2.75) is 11.0 Å². The Labute approximate surface area is 125 Å². The summed E-state index contributed by atoms with van der Waals surface area (Å²) >= 11 is 3.62. The first-order chi connectivity index (χ1) is 9.62. The molecule has 2 heterocycles. The summed E-state index contributed by atoms with van der Waals surface area (Å²) in [5.74, 6) is 3.24. The normalized spacial score (nSPS) is 17.6. The van der Waals surface area contributed by atoms with Crippen LogP contribution >= 0.6 is 23.5 Å². The van der Waals surface area contributed by atoms with E-state index in [1.165, 1.54) is 7.11 Å². The molecule has 2 aromatic rings. The highest BCUT2D eigenvalue weighted by Crippen LogP contribution is 2.60. The van der Waals surface area contributed by atoms with Gasteiger partial charge in [0.2, 0.25) is 5.75 Å². The lowest BCUT2D eigenvalue weighted by atomic mass is 10.0. The third kappa shape index (κ3) is 1.85. The Balaban J connectivity index is 2.37. The molecule has 1 aromatic carbocycles.